The molecule has 0 fully saturated rings. The lowest BCUT2D eigenvalue weighted by Crippen LogP contribution is -2.02. The van der Waals surface area contributed by atoms with Crippen molar-refractivity contribution in [3.63, 3.8) is 0 Å². The quantitative estimate of drug-likeness (QED) is 0.801. The summed E-state index contributed by atoms with van der Waals surface area (Å²) in [4.78, 5) is 11.0. The third kappa shape index (κ3) is 2.38. The van der Waals surface area contributed by atoms with Crippen molar-refractivity contribution in [3.05, 3.63) is 26.8 Å². The molecular formula is C13H15N5S2. The van der Waals surface area contributed by atoms with Crippen LogP contribution in [0.25, 0.3) is 10.2 Å². The Labute approximate surface area is 125 Å². The van der Waals surface area contributed by atoms with E-state index in [1.54, 1.807) is 29.0 Å². The fourth-order valence-corrected chi connectivity index (χ4v) is 3.70. The average Bonchev–Trinajstić information content (AvgIpc) is 3.02. The van der Waals surface area contributed by atoms with Gasteiger partial charge in [0.25, 0.3) is 0 Å². The standard InChI is InChI=1S/C13H15N5S2/c1-4-9-17-18-10(20-9)5-14-12-11-7(2)8(3)19-13(11)16-6-15-12/h6H,4-5H2,1-3H3,(H,14,15,16). The summed E-state index contributed by atoms with van der Waals surface area (Å²) in [6.07, 6.45) is 2.54. The number of rotatable bonds is 4. The summed E-state index contributed by atoms with van der Waals surface area (Å²) in [5.41, 5.74) is 1.25. The van der Waals surface area contributed by atoms with Crippen LogP contribution in [-0.4, -0.2) is 20.2 Å². The van der Waals surface area contributed by atoms with Crippen LogP contribution < -0.4 is 5.32 Å². The first-order valence-electron chi connectivity index (χ1n) is 6.45. The molecule has 104 valence electrons. The molecule has 0 aliphatic heterocycles. The fourth-order valence-electron chi connectivity index (χ4n) is 1.98. The minimum Gasteiger partial charge on any atom is -0.363 e. The lowest BCUT2D eigenvalue weighted by atomic mass is 10.2. The number of nitrogens with one attached hydrogen (secondary N) is 1. The number of aryl methyl sites for hydroxylation is 3. The maximum absolute atomic E-state index is 4.36. The van der Waals surface area contributed by atoms with Crippen LogP contribution in [0.3, 0.4) is 0 Å². The third-order valence-corrected chi connectivity index (χ3v) is 5.37. The Kier molecular flexibility index (Phi) is 3.62. The van der Waals surface area contributed by atoms with Gasteiger partial charge in [0.15, 0.2) is 0 Å². The number of aromatic nitrogens is 4. The van der Waals surface area contributed by atoms with Crippen molar-refractivity contribution in [3.8, 4) is 0 Å². The van der Waals surface area contributed by atoms with Gasteiger partial charge in [-0.25, -0.2) is 9.97 Å². The van der Waals surface area contributed by atoms with Crippen LogP contribution in [0.5, 0.6) is 0 Å². The summed E-state index contributed by atoms with van der Waals surface area (Å²) in [6.45, 7) is 6.97. The van der Waals surface area contributed by atoms with Gasteiger partial charge in [-0.1, -0.05) is 18.3 Å². The normalized spacial score (nSPS) is 11.2. The van der Waals surface area contributed by atoms with Gasteiger partial charge < -0.3 is 5.32 Å². The zero-order valence-electron chi connectivity index (χ0n) is 11.6. The van der Waals surface area contributed by atoms with E-state index in [0.717, 1.165) is 32.5 Å². The molecule has 0 aliphatic rings. The predicted molar refractivity (Wildman–Crippen MR) is 83.5 cm³/mol. The number of hydrogen-bond donors (Lipinski definition) is 1. The second-order valence-corrected chi connectivity index (χ2v) is 6.83. The molecule has 0 bridgehead atoms. The molecule has 3 heterocycles. The molecule has 0 atom stereocenters. The molecule has 3 aromatic heterocycles. The summed E-state index contributed by atoms with van der Waals surface area (Å²) in [6, 6.07) is 0. The van der Waals surface area contributed by atoms with Gasteiger partial charge in [-0.3, -0.25) is 0 Å². The van der Waals surface area contributed by atoms with Crippen LogP contribution >= 0.6 is 22.7 Å². The van der Waals surface area contributed by atoms with Crippen molar-refractivity contribution < 1.29 is 0 Å². The lowest BCUT2D eigenvalue weighted by Gasteiger charge is -2.04. The molecule has 1 N–H and O–H groups in total. The molecular weight excluding hydrogens is 290 g/mol. The smallest absolute Gasteiger partial charge is 0.138 e. The first-order chi connectivity index (χ1) is 9.69. The molecule has 3 aromatic rings. The Morgan fingerprint density at radius 3 is 2.65 bits per heavy atom. The SMILES string of the molecule is CCc1nnc(CNc2ncnc3sc(C)c(C)c23)s1. The molecule has 3 rings (SSSR count). The molecule has 0 saturated carbocycles. The van der Waals surface area contributed by atoms with Crippen LogP contribution in [0, 0.1) is 13.8 Å². The molecule has 0 aromatic carbocycles. The summed E-state index contributed by atoms with van der Waals surface area (Å²) < 4.78 is 0. The van der Waals surface area contributed by atoms with E-state index >= 15 is 0 Å². The van der Waals surface area contributed by atoms with Gasteiger partial charge in [0, 0.05) is 4.88 Å². The Balaban J connectivity index is 1.87. The number of fused-ring (bicyclic) bond motifs is 1. The Bertz CT molecular complexity index is 746. The molecule has 0 radical (unpaired) electrons. The number of nitrogens with zero attached hydrogens (tertiary/aromatic N) is 4. The molecule has 20 heavy (non-hydrogen) atoms. The van der Waals surface area contributed by atoms with Gasteiger partial charge >= 0.3 is 0 Å². The van der Waals surface area contributed by atoms with Crippen LogP contribution in [0.2, 0.25) is 0 Å². The van der Waals surface area contributed by atoms with Crippen molar-refractivity contribution in [1.82, 2.24) is 20.2 Å². The van der Waals surface area contributed by atoms with E-state index in [4.69, 9.17) is 0 Å². The van der Waals surface area contributed by atoms with E-state index < -0.39 is 0 Å². The van der Waals surface area contributed by atoms with E-state index in [-0.39, 0.29) is 0 Å². The number of anilines is 1. The third-order valence-electron chi connectivity index (χ3n) is 3.18. The first-order valence-corrected chi connectivity index (χ1v) is 8.08. The maximum atomic E-state index is 4.36. The second kappa shape index (κ2) is 5.41. The lowest BCUT2D eigenvalue weighted by molar-refractivity contribution is 0.937. The van der Waals surface area contributed by atoms with Gasteiger partial charge in [-0.05, 0) is 25.8 Å². The molecule has 5 nitrogen and oxygen atoms in total. The van der Waals surface area contributed by atoms with Crippen LogP contribution in [0.1, 0.15) is 27.4 Å². The number of thiophene rings is 1. The Hall–Kier alpha value is -1.60. The van der Waals surface area contributed by atoms with E-state index in [2.05, 4.69) is 46.3 Å². The largest absolute Gasteiger partial charge is 0.363 e. The van der Waals surface area contributed by atoms with Crippen LogP contribution in [-0.2, 0) is 13.0 Å². The van der Waals surface area contributed by atoms with E-state index in [1.165, 1.54) is 10.4 Å². The minimum absolute atomic E-state index is 0.651. The summed E-state index contributed by atoms with van der Waals surface area (Å²) >= 11 is 3.35. The minimum atomic E-state index is 0.651. The molecule has 0 unspecified atom stereocenters. The second-order valence-electron chi connectivity index (χ2n) is 4.48. The van der Waals surface area contributed by atoms with Crippen molar-refractivity contribution in [2.24, 2.45) is 0 Å². The summed E-state index contributed by atoms with van der Waals surface area (Å²) in [5, 5.41) is 14.8. The van der Waals surface area contributed by atoms with Gasteiger partial charge in [0.1, 0.15) is 27.0 Å². The summed E-state index contributed by atoms with van der Waals surface area (Å²) in [7, 11) is 0. The van der Waals surface area contributed by atoms with Gasteiger partial charge in [0.05, 0.1) is 11.9 Å². The van der Waals surface area contributed by atoms with Crippen LogP contribution in [0.4, 0.5) is 5.82 Å². The molecule has 0 aliphatic carbocycles. The molecule has 0 saturated heterocycles. The topological polar surface area (TPSA) is 63.6 Å². The zero-order valence-corrected chi connectivity index (χ0v) is 13.2. The average molecular weight is 305 g/mol. The Morgan fingerprint density at radius 1 is 1.10 bits per heavy atom. The Morgan fingerprint density at radius 2 is 1.90 bits per heavy atom. The molecule has 0 amide bonds. The van der Waals surface area contributed by atoms with E-state index in [9.17, 15) is 0 Å². The number of hydrogen-bond acceptors (Lipinski definition) is 7. The summed E-state index contributed by atoms with van der Waals surface area (Å²) in [5.74, 6) is 0.880. The van der Waals surface area contributed by atoms with Gasteiger partial charge in [-0.2, -0.15) is 0 Å². The fraction of sp³-hybridized carbons (Fsp3) is 0.385. The predicted octanol–water partition coefficient (Wildman–Crippen LogP) is 3.33. The highest BCUT2D eigenvalue weighted by Gasteiger charge is 2.12. The van der Waals surface area contributed by atoms with E-state index in [0.29, 0.717) is 6.54 Å². The highest BCUT2D eigenvalue weighted by atomic mass is 32.1. The molecule has 7 heteroatoms. The van der Waals surface area contributed by atoms with Crippen molar-refractivity contribution >= 4 is 38.7 Å². The van der Waals surface area contributed by atoms with Crippen molar-refractivity contribution in [2.45, 2.75) is 33.7 Å². The zero-order chi connectivity index (χ0) is 14.1. The van der Waals surface area contributed by atoms with Crippen LogP contribution in [0.15, 0.2) is 6.33 Å². The van der Waals surface area contributed by atoms with E-state index in [1.807, 2.05) is 0 Å². The van der Waals surface area contributed by atoms with Crippen molar-refractivity contribution in [1.29, 1.82) is 0 Å². The van der Waals surface area contributed by atoms with Gasteiger partial charge in [-0.15, -0.1) is 21.5 Å². The highest BCUT2D eigenvalue weighted by molar-refractivity contribution is 7.18. The highest BCUT2D eigenvalue weighted by Crippen LogP contribution is 2.32. The van der Waals surface area contributed by atoms with Crippen molar-refractivity contribution in [2.75, 3.05) is 5.32 Å². The van der Waals surface area contributed by atoms with Gasteiger partial charge in [0.2, 0.25) is 0 Å². The first kappa shape index (κ1) is 13.4. The maximum Gasteiger partial charge on any atom is 0.138 e. The monoisotopic (exact) mass is 305 g/mol. The molecule has 0 spiro atoms.